The van der Waals surface area contributed by atoms with Crippen molar-refractivity contribution in [2.75, 3.05) is 39.4 Å². The number of aromatic nitrogens is 2. The third-order valence-corrected chi connectivity index (χ3v) is 6.09. The van der Waals surface area contributed by atoms with Gasteiger partial charge in [-0.2, -0.15) is 0 Å². The van der Waals surface area contributed by atoms with Crippen LogP contribution in [0, 0.1) is 12.7 Å². The molecule has 1 amide bonds. The molecule has 0 bridgehead atoms. The summed E-state index contributed by atoms with van der Waals surface area (Å²) < 4.78 is 19.1. The summed E-state index contributed by atoms with van der Waals surface area (Å²) in [4.78, 5) is 26.1. The molecule has 1 aromatic heterocycles. The summed E-state index contributed by atoms with van der Waals surface area (Å²) in [6, 6.07) is 4.96. The molecule has 4 rings (SSSR count). The number of amides is 1. The van der Waals surface area contributed by atoms with Gasteiger partial charge in [0.1, 0.15) is 11.6 Å². The van der Waals surface area contributed by atoms with E-state index in [2.05, 4.69) is 14.9 Å². The molecular weight excluding hydrogens is 407 g/mol. The average molecular weight is 433 g/mol. The molecule has 2 aromatic rings. The van der Waals surface area contributed by atoms with Crippen molar-refractivity contribution in [3.8, 4) is 0 Å². The van der Waals surface area contributed by atoms with Crippen LogP contribution < -0.4 is 0 Å². The lowest BCUT2D eigenvalue weighted by Crippen LogP contribution is -2.41. The predicted octanol–water partition coefficient (Wildman–Crippen LogP) is 3.43. The van der Waals surface area contributed by atoms with E-state index in [-0.39, 0.29) is 22.7 Å². The van der Waals surface area contributed by atoms with E-state index >= 15 is 0 Å². The summed E-state index contributed by atoms with van der Waals surface area (Å²) in [5.41, 5.74) is 2.18. The first kappa shape index (κ1) is 21.2. The van der Waals surface area contributed by atoms with Crippen molar-refractivity contribution < 1.29 is 13.9 Å². The Balaban J connectivity index is 1.43. The molecule has 1 atom stereocenters. The highest BCUT2D eigenvalue weighted by atomic mass is 35.5. The second kappa shape index (κ2) is 9.37. The van der Waals surface area contributed by atoms with Crippen molar-refractivity contribution in [3.63, 3.8) is 0 Å². The van der Waals surface area contributed by atoms with Gasteiger partial charge in [0.25, 0.3) is 5.91 Å². The average Bonchev–Trinajstić information content (AvgIpc) is 2.76. The lowest BCUT2D eigenvalue weighted by atomic mass is 9.96. The molecule has 0 radical (unpaired) electrons. The van der Waals surface area contributed by atoms with Crippen molar-refractivity contribution in [2.24, 2.45) is 0 Å². The Hall–Kier alpha value is -2.09. The molecule has 6 nitrogen and oxygen atoms in total. The molecule has 2 aliphatic heterocycles. The van der Waals surface area contributed by atoms with Crippen molar-refractivity contribution in [1.29, 1.82) is 0 Å². The largest absolute Gasteiger partial charge is 0.378 e. The quantitative estimate of drug-likeness (QED) is 0.740. The van der Waals surface area contributed by atoms with Crippen LogP contribution in [0.5, 0.6) is 0 Å². The molecule has 3 heterocycles. The molecule has 2 fully saturated rings. The van der Waals surface area contributed by atoms with Crippen LogP contribution in [0.25, 0.3) is 0 Å². The summed E-state index contributed by atoms with van der Waals surface area (Å²) in [7, 11) is 0. The number of benzene rings is 1. The highest BCUT2D eigenvalue weighted by Gasteiger charge is 2.26. The Morgan fingerprint density at radius 1 is 1.30 bits per heavy atom. The van der Waals surface area contributed by atoms with Gasteiger partial charge in [-0.3, -0.25) is 9.69 Å². The van der Waals surface area contributed by atoms with E-state index in [9.17, 15) is 9.18 Å². The molecule has 8 heteroatoms. The number of halogens is 2. The number of aryl methyl sites for hydroxylation is 1. The van der Waals surface area contributed by atoms with Gasteiger partial charge >= 0.3 is 0 Å². The number of ether oxygens (including phenoxy) is 1. The maximum absolute atomic E-state index is 13.7. The van der Waals surface area contributed by atoms with Crippen LogP contribution in [-0.4, -0.2) is 65.1 Å². The topological polar surface area (TPSA) is 58.6 Å². The number of hydrogen-bond donors (Lipinski definition) is 0. The fourth-order valence-corrected chi connectivity index (χ4v) is 4.25. The van der Waals surface area contributed by atoms with E-state index in [0.717, 1.165) is 37.3 Å². The van der Waals surface area contributed by atoms with Crippen LogP contribution in [0.4, 0.5) is 4.39 Å². The SMILES string of the molecule is Cc1nc(C2CCCN(Cc3ccc(Cl)c(F)c3)C2)ncc1C(=O)N1CCOCC1. The molecule has 0 aliphatic carbocycles. The van der Waals surface area contributed by atoms with Gasteiger partial charge in [-0.05, 0) is 44.0 Å². The Morgan fingerprint density at radius 3 is 2.83 bits per heavy atom. The minimum atomic E-state index is -0.387. The number of piperidine rings is 1. The van der Waals surface area contributed by atoms with Crippen LogP contribution in [0.15, 0.2) is 24.4 Å². The van der Waals surface area contributed by atoms with Crippen molar-refractivity contribution in [2.45, 2.75) is 32.2 Å². The summed E-state index contributed by atoms with van der Waals surface area (Å²) in [5, 5.41) is 0.144. The first-order chi connectivity index (χ1) is 14.5. The number of morpholine rings is 1. The highest BCUT2D eigenvalue weighted by Crippen LogP contribution is 2.27. The van der Waals surface area contributed by atoms with Crippen LogP contribution in [-0.2, 0) is 11.3 Å². The van der Waals surface area contributed by atoms with Gasteiger partial charge in [0.2, 0.25) is 0 Å². The van der Waals surface area contributed by atoms with Gasteiger partial charge in [0.15, 0.2) is 0 Å². The molecule has 1 unspecified atom stereocenters. The lowest BCUT2D eigenvalue weighted by Gasteiger charge is -2.32. The maximum atomic E-state index is 13.7. The molecule has 1 aromatic carbocycles. The van der Waals surface area contributed by atoms with E-state index in [1.54, 1.807) is 17.2 Å². The fraction of sp³-hybridized carbons (Fsp3) is 0.500. The van der Waals surface area contributed by atoms with E-state index < -0.39 is 0 Å². The monoisotopic (exact) mass is 432 g/mol. The number of carbonyl (C=O) groups is 1. The van der Waals surface area contributed by atoms with Gasteiger partial charge in [0.05, 0.1) is 29.5 Å². The summed E-state index contributed by atoms with van der Waals surface area (Å²) >= 11 is 5.79. The number of nitrogens with zero attached hydrogens (tertiary/aromatic N) is 4. The zero-order valence-electron chi connectivity index (χ0n) is 17.1. The third kappa shape index (κ3) is 4.79. The minimum absolute atomic E-state index is 0.0302. The van der Waals surface area contributed by atoms with Gasteiger partial charge in [-0.25, -0.2) is 14.4 Å². The summed E-state index contributed by atoms with van der Waals surface area (Å²) in [6.45, 7) is 6.63. The van der Waals surface area contributed by atoms with Crippen molar-refractivity contribution in [1.82, 2.24) is 19.8 Å². The van der Waals surface area contributed by atoms with E-state index in [1.165, 1.54) is 6.07 Å². The first-order valence-corrected chi connectivity index (χ1v) is 10.8. The van der Waals surface area contributed by atoms with Gasteiger partial charge in [-0.15, -0.1) is 0 Å². The third-order valence-electron chi connectivity index (χ3n) is 5.79. The molecule has 160 valence electrons. The number of carbonyl (C=O) groups excluding carboxylic acids is 1. The Bertz CT molecular complexity index is 920. The molecule has 2 aliphatic rings. The predicted molar refractivity (Wildman–Crippen MR) is 112 cm³/mol. The van der Waals surface area contributed by atoms with E-state index in [1.807, 2.05) is 13.0 Å². The minimum Gasteiger partial charge on any atom is -0.378 e. The second-order valence-corrected chi connectivity index (χ2v) is 8.36. The molecule has 0 N–H and O–H groups in total. The van der Waals surface area contributed by atoms with E-state index in [0.29, 0.717) is 44.1 Å². The highest BCUT2D eigenvalue weighted by molar-refractivity contribution is 6.30. The molecule has 2 saturated heterocycles. The van der Waals surface area contributed by atoms with Gasteiger partial charge < -0.3 is 9.64 Å². The summed E-state index contributed by atoms with van der Waals surface area (Å²) in [5.74, 6) is 0.555. The Labute approximate surface area is 181 Å². The number of rotatable bonds is 4. The van der Waals surface area contributed by atoms with Crippen LogP contribution in [0.3, 0.4) is 0 Å². The lowest BCUT2D eigenvalue weighted by molar-refractivity contribution is 0.0301. The van der Waals surface area contributed by atoms with Gasteiger partial charge in [0, 0.05) is 38.3 Å². The molecular formula is C22H26ClFN4O2. The van der Waals surface area contributed by atoms with Crippen LogP contribution >= 0.6 is 11.6 Å². The maximum Gasteiger partial charge on any atom is 0.257 e. The number of hydrogen-bond acceptors (Lipinski definition) is 5. The van der Waals surface area contributed by atoms with Crippen LogP contribution in [0.1, 0.15) is 46.2 Å². The smallest absolute Gasteiger partial charge is 0.257 e. The zero-order valence-corrected chi connectivity index (χ0v) is 17.9. The Kier molecular flexibility index (Phi) is 6.61. The van der Waals surface area contributed by atoms with Crippen LogP contribution in [0.2, 0.25) is 5.02 Å². The Morgan fingerprint density at radius 2 is 2.10 bits per heavy atom. The van der Waals surface area contributed by atoms with Crippen molar-refractivity contribution >= 4 is 17.5 Å². The zero-order chi connectivity index (χ0) is 21.1. The summed E-state index contributed by atoms with van der Waals surface area (Å²) in [6.07, 6.45) is 3.70. The van der Waals surface area contributed by atoms with Gasteiger partial charge in [-0.1, -0.05) is 17.7 Å². The van der Waals surface area contributed by atoms with Crippen molar-refractivity contribution in [3.05, 3.63) is 57.9 Å². The number of likely N-dealkylation sites (tertiary alicyclic amines) is 1. The van der Waals surface area contributed by atoms with E-state index in [4.69, 9.17) is 16.3 Å². The standard InChI is InChI=1S/C22H26ClFN4O2/c1-15-18(22(29)28-7-9-30-10-8-28)12-25-21(26-15)17-3-2-6-27(14-17)13-16-4-5-19(23)20(24)11-16/h4-5,11-12,17H,2-3,6-10,13-14H2,1H3. The first-order valence-electron chi connectivity index (χ1n) is 10.4. The molecule has 30 heavy (non-hydrogen) atoms. The fourth-order valence-electron chi connectivity index (χ4n) is 4.13. The molecule has 0 spiro atoms. The molecule has 0 saturated carbocycles. The normalized spacial score (nSPS) is 20.4. The second-order valence-electron chi connectivity index (χ2n) is 7.95.